The Kier molecular flexibility index (Phi) is 5.38. The number of benzene rings is 1. The first-order chi connectivity index (χ1) is 15.8. The highest BCUT2D eigenvalue weighted by molar-refractivity contribution is 6.29. The van der Waals surface area contributed by atoms with Crippen LogP contribution in [0.1, 0.15) is 29.9 Å². The van der Waals surface area contributed by atoms with E-state index in [0.717, 1.165) is 18.8 Å². The highest BCUT2D eigenvalue weighted by Crippen LogP contribution is 2.30. The number of hydrogen-bond donors (Lipinski definition) is 2. The van der Waals surface area contributed by atoms with Gasteiger partial charge >= 0.3 is 0 Å². The summed E-state index contributed by atoms with van der Waals surface area (Å²) in [5.74, 6) is -0.952. The van der Waals surface area contributed by atoms with Crippen LogP contribution in [-0.2, 0) is 0 Å². The van der Waals surface area contributed by atoms with Gasteiger partial charge in [0.2, 0.25) is 0 Å². The number of nitrogens with one attached hydrogen (secondary N) is 2. The summed E-state index contributed by atoms with van der Waals surface area (Å²) < 4.78 is 16.0. The van der Waals surface area contributed by atoms with E-state index >= 15 is 0 Å². The quantitative estimate of drug-likeness (QED) is 0.476. The highest BCUT2D eigenvalue weighted by atomic mass is 35.5. The molecule has 170 valence electrons. The van der Waals surface area contributed by atoms with E-state index in [0.29, 0.717) is 40.1 Å². The molecule has 33 heavy (non-hydrogen) atoms. The molecule has 1 aliphatic heterocycles. The summed E-state index contributed by atoms with van der Waals surface area (Å²) in [6, 6.07) is 5.46. The second-order valence-corrected chi connectivity index (χ2v) is 8.93. The molecule has 1 aromatic carbocycles. The van der Waals surface area contributed by atoms with Crippen LogP contribution in [0.2, 0.25) is 5.15 Å². The number of anilines is 2. The Morgan fingerprint density at radius 2 is 1.94 bits per heavy atom. The van der Waals surface area contributed by atoms with Crippen LogP contribution in [0.4, 0.5) is 15.8 Å². The van der Waals surface area contributed by atoms with Crippen molar-refractivity contribution in [3.05, 3.63) is 59.0 Å². The molecule has 1 fully saturated rings. The van der Waals surface area contributed by atoms with Crippen molar-refractivity contribution in [1.82, 2.24) is 24.7 Å². The number of imidazole rings is 1. The molecule has 0 radical (unpaired) electrons. The average Bonchev–Trinajstić information content (AvgIpc) is 3.12. The third kappa shape index (κ3) is 4.09. The summed E-state index contributed by atoms with van der Waals surface area (Å²) in [6.07, 6.45) is 4.79. The summed E-state index contributed by atoms with van der Waals surface area (Å²) >= 11 is 6.14. The molecule has 0 aliphatic carbocycles. The van der Waals surface area contributed by atoms with Crippen LogP contribution in [0.15, 0.2) is 36.8 Å². The number of pyridine rings is 1. The molecule has 0 spiro atoms. The maximum Gasteiger partial charge on any atom is 0.257 e. The van der Waals surface area contributed by atoms with Crippen molar-refractivity contribution < 1.29 is 9.18 Å². The molecule has 5 rings (SSSR count). The predicted octanol–water partition coefficient (Wildman–Crippen LogP) is 3.82. The lowest BCUT2D eigenvalue weighted by molar-refractivity contribution is 0.102. The lowest BCUT2D eigenvalue weighted by atomic mass is 10.1. The topological polar surface area (TPSA) is 87.5 Å². The Morgan fingerprint density at radius 1 is 1.18 bits per heavy atom. The van der Waals surface area contributed by atoms with E-state index in [1.807, 2.05) is 6.07 Å². The van der Waals surface area contributed by atoms with Crippen molar-refractivity contribution in [2.75, 3.05) is 23.3 Å². The number of carbonyl (C=O) groups excluding carboxylic acids is 1. The number of piperazine rings is 1. The van der Waals surface area contributed by atoms with Crippen LogP contribution in [0, 0.1) is 12.7 Å². The van der Waals surface area contributed by atoms with E-state index in [1.54, 1.807) is 29.8 Å². The first-order valence-corrected chi connectivity index (χ1v) is 11.1. The third-order valence-electron chi connectivity index (χ3n) is 5.68. The van der Waals surface area contributed by atoms with Gasteiger partial charge in [-0.05, 0) is 32.9 Å². The minimum Gasteiger partial charge on any atom is -0.367 e. The van der Waals surface area contributed by atoms with E-state index in [1.165, 1.54) is 12.3 Å². The van der Waals surface area contributed by atoms with Crippen molar-refractivity contribution in [3.63, 3.8) is 0 Å². The average molecular weight is 468 g/mol. The van der Waals surface area contributed by atoms with Gasteiger partial charge in [0, 0.05) is 43.6 Å². The fraction of sp³-hybridized carbons (Fsp3) is 0.304. The van der Waals surface area contributed by atoms with Gasteiger partial charge < -0.3 is 19.9 Å². The van der Waals surface area contributed by atoms with Crippen LogP contribution in [-0.4, -0.2) is 50.4 Å². The fourth-order valence-electron chi connectivity index (χ4n) is 4.47. The monoisotopic (exact) mass is 467 g/mol. The van der Waals surface area contributed by atoms with Gasteiger partial charge in [0.1, 0.15) is 16.2 Å². The Hall–Kier alpha value is -3.30. The Morgan fingerprint density at radius 3 is 2.70 bits per heavy atom. The van der Waals surface area contributed by atoms with E-state index in [-0.39, 0.29) is 10.8 Å². The Labute approximate surface area is 194 Å². The second kappa shape index (κ2) is 8.24. The van der Waals surface area contributed by atoms with Crippen LogP contribution in [0.3, 0.4) is 0 Å². The van der Waals surface area contributed by atoms with E-state index < -0.39 is 11.7 Å². The van der Waals surface area contributed by atoms with Gasteiger partial charge in [0.15, 0.2) is 11.5 Å². The molecule has 0 saturated carbocycles. The number of aryl methyl sites for hydroxylation is 1. The molecular formula is C23H23ClFN7O. The number of fused-ring (bicyclic) bond motifs is 2. The zero-order valence-electron chi connectivity index (χ0n) is 18.4. The number of hydrogen-bond acceptors (Lipinski definition) is 6. The van der Waals surface area contributed by atoms with Crippen molar-refractivity contribution in [1.29, 1.82) is 0 Å². The minimum absolute atomic E-state index is 0.192. The third-order valence-corrected chi connectivity index (χ3v) is 5.86. The molecule has 1 aliphatic rings. The number of rotatable bonds is 3. The Bertz CT molecular complexity index is 1380. The number of nitrogens with zero attached hydrogens (tertiary/aromatic N) is 5. The van der Waals surface area contributed by atoms with Crippen molar-refractivity contribution in [2.45, 2.75) is 32.9 Å². The molecule has 2 unspecified atom stereocenters. The molecule has 0 bridgehead atoms. The van der Waals surface area contributed by atoms with Crippen molar-refractivity contribution >= 4 is 45.6 Å². The fourth-order valence-corrected chi connectivity index (χ4v) is 4.60. The summed E-state index contributed by atoms with van der Waals surface area (Å²) in [6.45, 7) is 7.65. The molecule has 4 aromatic rings. The number of carbonyl (C=O) groups is 1. The molecule has 2 atom stereocenters. The van der Waals surface area contributed by atoms with E-state index in [4.69, 9.17) is 11.6 Å². The molecule has 4 heterocycles. The lowest BCUT2D eigenvalue weighted by Gasteiger charge is -2.38. The van der Waals surface area contributed by atoms with Gasteiger partial charge in [-0.15, -0.1) is 0 Å². The van der Waals surface area contributed by atoms with Gasteiger partial charge in [-0.2, -0.15) is 0 Å². The summed E-state index contributed by atoms with van der Waals surface area (Å²) in [7, 11) is 0. The molecule has 1 saturated heterocycles. The molecular weight excluding hydrogens is 445 g/mol. The molecule has 2 N–H and O–H groups in total. The zero-order chi connectivity index (χ0) is 23.3. The van der Waals surface area contributed by atoms with Gasteiger partial charge in [-0.3, -0.25) is 4.79 Å². The lowest BCUT2D eigenvalue weighted by Crippen LogP contribution is -2.54. The normalized spacial score (nSPS) is 18.8. The minimum atomic E-state index is -0.522. The van der Waals surface area contributed by atoms with Crippen LogP contribution in [0.25, 0.3) is 16.7 Å². The smallest absolute Gasteiger partial charge is 0.257 e. The second-order valence-electron chi connectivity index (χ2n) is 8.54. The van der Waals surface area contributed by atoms with Crippen molar-refractivity contribution in [2.24, 2.45) is 0 Å². The largest absolute Gasteiger partial charge is 0.367 e. The molecule has 8 nitrogen and oxygen atoms in total. The van der Waals surface area contributed by atoms with Crippen LogP contribution in [0.5, 0.6) is 0 Å². The van der Waals surface area contributed by atoms with Gasteiger partial charge in [-0.25, -0.2) is 19.3 Å². The van der Waals surface area contributed by atoms with Crippen molar-refractivity contribution in [3.8, 4) is 0 Å². The first kappa shape index (κ1) is 21.5. The Balaban J connectivity index is 1.53. The predicted molar refractivity (Wildman–Crippen MR) is 127 cm³/mol. The number of amides is 1. The number of aromatic nitrogens is 4. The first-order valence-electron chi connectivity index (χ1n) is 10.7. The number of halogens is 2. The maximum absolute atomic E-state index is 14.5. The standard InChI is InChI=1S/C23H23ClFN7O/c1-12-8-31(9-13(2)27-12)18-5-4-16(20-21(18)26-7-19(24)30-20)23(33)29-15-6-17(25)22-28-14(3)10-32(22)11-15/h4-7,10-13,27H,8-9H2,1-3H3,(H,29,33). The summed E-state index contributed by atoms with van der Waals surface area (Å²) in [5.41, 5.74) is 3.39. The zero-order valence-corrected chi connectivity index (χ0v) is 19.2. The highest BCUT2D eigenvalue weighted by Gasteiger charge is 2.25. The maximum atomic E-state index is 14.5. The molecule has 10 heteroatoms. The van der Waals surface area contributed by atoms with Gasteiger partial charge in [0.25, 0.3) is 5.91 Å². The summed E-state index contributed by atoms with van der Waals surface area (Å²) in [5, 5.41) is 6.47. The molecule has 1 amide bonds. The SMILES string of the molecule is Cc1cn2cc(NC(=O)c3ccc(N4CC(C)NC(C)C4)c4ncc(Cl)nc34)cc(F)c2n1. The summed E-state index contributed by atoms with van der Waals surface area (Å²) in [4.78, 5) is 28.5. The van der Waals surface area contributed by atoms with Gasteiger partial charge in [-0.1, -0.05) is 11.6 Å². The molecule has 3 aromatic heterocycles. The van der Waals surface area contributed by atoms with E-state index in [2.05, 4.69) is 44.3 Å². The van der Waals surface area contributed by atoms with Crippen LogP contribution >= 0.6 is 11.6 Å². The van der Waals surface area contributed by atoms with Crippen LogP contribution < -0.4 is 15.5 Å². The van der Waals surface area contributed by atoms with Gasteiger partial charge in [0.05, 0.1) is 28.8 Å². The van der Waals surface area contributed by atoms with E-state index in [9.17, 15) is 9.18 Å².